The molecule has 0 fully saturated rings. The van der Waals surface area contributed by atoms with Gasteiger partial charge in [0.25, 0.3) is 5.91 Å². The van der Waals surface area contributed by atoms with Gasteiger partial charge in [-0.2, -0.15) is 0 Å². The van der Waals surface area contributed by atoms with E-state index in [0.717, 1.165) is 9.35 Å². The molecule has 2 N–H and O–H groups in total. The molecule has 0 aliphatic heterocycles. The number of halogens is 1. The summed E-state index contributed by atoms with van der Waals surface area (Å²) in [6.45, 7) is 0.403. The lowest BCUT2D eigenvalue weighted by Crippen LogP contribution is -2.48. The molecule has 94 valence electrons. The number of rotatable bonds is 5. The van der Waals surface area contributed by atoms with E-state index in [1.807, 2.05) is 11.4 Å². The number of nitrogens with zero attached hydrogens (tertiary/aromatic N) is 1. The molecule has 1 unspecified atom stereocenters. The van der Waals surface area contributed by atoms with Gasteiger partial charge in [-0.05, 0) is 29.0 Å². The highest BCUT2D eigenvalue weighted by atomic mass is 79.9. The lowest BCUT2D eigenvalue weighted by Gasteiger charge is -2.20. The van der Waals surface area contributed by atoms with Crippen LogP contribution >= 0.6 is 27.3 Å². The second-order valence-corrected chi connectivity index (χ2v) is 5.40. The molecule has 0 saturated heterocycles. The zero-order chi connectivity index (χ0) is 13.0. The third kappa shape index (κ3) is 3.79. The largest absolute Gasteiger partial charge is 0.480 e. The second-order valence-electron chi connectivity index (χ2n) is 3.49. The molecule has 1 aromatic heterocycles. The Hall–Kier alpha value is -0.920. The molecular formula is C10H13BrN2O3S. The lowest BCUT2D eigenvalue weighted by atomic mass is 10.2. The number of carbonyl (C=O) groups excluding carboxylic acids is 1. The molecule has 1 amide bonds. The van der Waals surface area contributed by atoms with Crippen molar-refractivity contribution in [1.29, 1.82) is 0 Å². The number of thiophene rings is 1. The van der Waals surface area contributed by atoms with Crippen molar-refractivity contribution in [2.24, 2.45) is 0 Å². The first kappa shape index (κ1) is 14.1. The number of carboxylic acids is 1. The Balaban J connectivity index is 2.66. The molecule has 0 aliphatic rings. The summed E-state index contributed by atoms with van der Waals surface area (Å²) in [6.07, 6.45) is 0. The van der Waals surface area contributed by atoms with Crippen molar-refractivity contribution in [1.82, 2.24) is 10.2 Å². The first-order valence-electron chi connectivity index (χ1n) is 4.83. The van der Waals surface area contributed by atoms with E-state index in [1.54, 1.807) is 7.05 Å². The van der Waals surface area contributed by atoms with E-state index < -0.39 is 17.9 Å². The summed E-state index contributed by atoms with van der Waals surface area (Å²) in [5.41, 5.74) is 0. The highest BCUT2D eigenvalue weighted by Gasteiger charge is 2.27. The number of likely N-dealkylation sites (N-methyl/N-ethyl adjacent to an activating group) is 2. The quantitative estimate of drug-likeness (QED) is 0.798. The minimum absolute atomic E-state index is 0.403. The van der Waals surface area contributed by atoms with E-state index in [0.29, 0.717) is 6.54 Å². The Bertz CT molecular complexity index is 421. The lowest BCUT2D eigenvalue weighted by molar-refractivity contribution is -0.147. The third-order valence-corrected chi connectivity index (χ3v) is 3.86. The predicted molar refractivity (Wildman–Crippen MR) is 69.0 cm³/mol. The van der Waals surface area contributed by atoms with E-state index in [-0.39, 0.29) is 0 Å². The van der Waals surface area contributed by atoms with Crippen molar-refractivity contribution in [3.63, 3.8) is 0 Å². The fraction of sp³-hybridized carbons (Fsp3) is 0.400. The van der Waals surface area contributed by atoms with Crippen molar-refractivity contribution in [2.45, 2.75) is 12.6 Å². The van der Waals surface area contributed by atoms with Gasteiger partial charge in [0.05, 0.1) is 6.54 Å². The van der Waals surface area contributed by atoms with Crippen molar-refractivity contribution in [3.05, 3.63) is 20.8 Å². The number of carboxylic acid groups (broad SMARTS) is 1. The van der Waals surface area contributed by atoms with E-state index in [1.165, 1.54) is 23.3 Å². The summed E-state index contributed by atoms with van der Waals surface area (Å²) >= 11 is 4.84. The number of hydrogen-bond donors (Lipinski definition) is 2. The minimum atomic E-state index is -1.19. The molecule has 0 radical (unpaired) electrons. The average molecular weight is 321 g/mol. The van der Waals surface area contributed by atoms with Crippen LogP contribution in [0.2, 0.25) is 0 Å². The summed E-state index contributed by atoms with van der Waals surface area (Å²) in [6, 6.07) is 0.715. The molecular weight excluding hydrogens is 308 g/mol. The summed E-state index contributed by atoms with van der Waals surface area (Å²) in [5.74, 6) is -1.62. The van der Waals surface area contributed by atoms with Gasteiger partial charge in [0, 0.05) is 21.8 Å². The van der Waals surface area contributed by atoms with E-state index in [2.05, 4.69) is 21.2 Å². The van der Waals surface area contributed by atoms with Crippen LogP contribution in [0.4, 0.5) is 0 Å². The van der Waals surface area contributed by atoms with Crippen molar-refractivity contribution in [3.8, 4) is 0 Å². The van der Waals surface area contributed by atoms with Crippen LogP contribution in [-0.4, -0.2) is 42.0 Å². The Morgan fingerprint density at radius 1 is 1.65 bits per heavy atom. The maximum absolute atomic E-state index is 11.8. The van der Waals surface area contributed by atoms with Crippen LogP contribution in [-0.2, 0) is 16.1 Å². The molecule has 17 heavy (non-hydrogen) atoms. The van der Waals surface area contributed by atoms with Crippen LogP contribution < -0.4 is 5.32 Å². The maximum Gasteiger partial charge on any atom is 0.330 e. The van der Waals surface area contributed by atoms with E-state index >= 15 is 0 Å². The Morgan fingerprint density at radius 3 is 2.71 bits per heavy atom. The fourth-order valence-corrected chi connectivity index (χ4v) is 2.82. The molecule has 0 aromatic carbocycles. The van der Waals surface area contributed by atoms with Gasteiger partial charge in [-0.15, -0.1) is 11.3 Å². The molecule has 0 bridgehead atoms. The molecule has 1 atom stereocenters. The number of amides is 1. The minimum Gasteiger partial charge on any atom is -0.480 e. The van der Waals surface area contributed by atoms with E-state index in [9.17, 15) is 9.59 Å². The fourth-order valence-electron chi connectivity index (χ4n) is 1.32. The molecule has 5 nitrogen and oxygen atoms in total. The van der Waals surface area contributed by atoms with Crippen LogP contribution in [0.5, 0.6) is 0 Å². The topological polar surface area (TPSA) is 69.6 Å². The van der Waals surface area contributed by atoms with Crippen LogP contribution in [0.3, 0.4) is 0 Å². The molecule has 1 heterocycles. The predicted octanol–water partition coefficient (Wildman–Crippen LogP) is 1.14. The number of aliphatic carboxylic acids is 1. The zero-order valence-electron chi connectivity index (χ0n) is 9.44. The summed E-state index contributed by atoms with van der Waals surface area (Å²) in [4.78, 5) is 25.0. The third-order valence-electron chi connectivity index (χ3n) is 2.17. The number of nitrogens with one attached hydrogen (secondary N) is 1. The molecule has 1 rings (SSSR count). The van der Waals surface area contributed by atoms with Gasteiger partial charge in [-0.25, -0.2) is 4.79 Å². The summed E-state index contributed by atoms with van der Waals surface area (Å²) < 4.78 is 0.960. The highest BCUT2D eigenvalue weighted by Crippen LogP contribution is 2.20. The Kier molecular flexibility index (Phi) is 5.10. The van der Waals surface area contributed by atoms with Crippen LogP contribution in [0.1, 0.15) is 4.88 Å². The Morgan fingerprint density at radius 2 is 2.29 bits per heavy atom. The average Bonchev–Trinajstić information content (AvgIpc) is 2.64. The van der Waals surface area contributed by atoms with Crippen LogP contribution in [0, 0.1) is 0 Å². The van der Waals surface area contributed by atoms with Crippen molar-refractivity contribution < 1.29 is 14.7 Å². The van der Waals surface area contributed by atoms with Gasteiger partial charge < -0.3 is 10.0 Å². The first-order valence-corrected chi connectivity index (χ1v) is 6.51. The monoisotopic (exact) mass is 320 g/mol. The standard InChI is InChI=1S/C10H13BrN2O3S/c1-12-8(10(15)16)9(14)13(2)4-7-3-6(11)5-17-7/h3,5,8,12H,4H2,1-2H3,(H,15,16). The van der Waals surface area contributed by atoms with Gasteiger partial charge in [0.2, 0.25) is 0 Å². The van der Waals surface area contributed by atoms with Gasteiger partial charge in [0.15, 0.2) is 6.04 Å². The molecule has 0 saturated carbocycles. The zero-order valence-corrected chi connectivity index (χ0v) is 11.8. The summed E-state index contributed by atoms with van der Waals surface area (Å²) in [5, 5.41) is 13.2. The molecule has 0 aliphatic carbocycles. The Labute approximate surface area is 112 Å². The SMILES string of the molecule is CNC(C(=O)O)C(=O)N(C)Cc1cc(Br)cs1. The van der Waals surface area contributed by atoms with Gasteiger partial charge in [0.1, 0.15) is 0 Å². The van der Waals surface area contributed by atoms with Crippen LogP contribution in [0.15, 0.2) is 15.9 Å². The first-order chi connectivity index (χ1) is 7.95. The smallest absolute Gasteiger partial charge is 0.330 e. The molecule has 7 heteroatoms. The van der Waals surface area contributed by atoms with Gasteiger partial charge in [-0.1, -0.05) is 0 Å². The van der Waals surface area contributed by atoms with Gasteiger partial charge in [-0.3, -0.25) is 10.1 Å². The second kappa shape index (κ2) is 6.13. The maximum atomic E-state index is 11.8. The van der Waals surface area contributed by atoms with Crippen molar-refractivity contribution in [2.75, 3.05) is 14.1 Å². The molecule has 0 spiro atoms. The van der Waals surface area contributed by atoms with Crippen LogP contribution in [0.25, 0.3) is 0 Å². The molecule has 1 aromatic rings. The number of hydrogen-bond acceptors (Lipinski definition) is 4. The normalized spacial score (nSPS) is 12.2. The van der Waals surface area contributed by atoms with Gasteiger partial charge >= 0.3 is 5.97 Å². The van der Waals surface area contributed by atoms with E-state index in [4.69, 9.17) is 5.11 Å². The summed E-state index contributed by atoms with van der Waals surface area (Å²) in [7, 11) is 3.04. The highest BCUT2D eigenvalue weighted by molar-refractivity contribution is 9.10. The van der Waals surface area contributed by atoms with Crippen molar-refractivity contribution >= 4 is 39.1 Å². The number of carbonyl (C=O) groups is 2.